The molecule has 2 aliphatic rings. The molecule has 134 valence electrons. The highest BCUT2D eigenvalue weighted by atomic mass is 19.4. The van der Waals surface area contributed by atoms with E-state index in [-0.39, 0.29) is 0 Å². The average Bonchev–Trinajstić information content (AvgIpc) is 2.93. The summed E-state index contributed by atoms with van der Waals surface area (Å²) in [4.78, 5) is 4.58. The minimum absolute atomic E-state index is 0.407. The molecular weight excluding hydrogens is 351 g/mol. The highest BCUT2D eigenvalue weighted by molar-refractivity contribution is 6.00. The second kappa shape index (κ2) is 6.76. The number of allylic oxidation sites excluding steroid dienone is 5. The molecule has 0 aromatic heterocycles. The van der Waals surface area contributed by atoms with E-state index >= 15 is 0 Å². The average molecular weight is 365 g/mol. The van der Waals surface area contributed by atoms with Gasteiger partial charge in [0, 0.05) is 16.7 Å². The van der Waals surface area contributed by atoms with Crippen molar-refractivity contribution in [1.29, 1.82) is 0 Å². The Hall–Kier alpha value is -3.34. The van der Waals surface area contributed by atoms with Crippen LogP contribution in [0.5, 0.6) is 0 Å². The van der Waals surface area contributed by atoms with Gasteiger partial charge >= 0.3 is 6.18 Å². The maximum absolute atomic E-state index is 12.9. The van der Waals surface area contributed by atoms with Crippen LogP contribution in [0.15, 0.2) is 101 Å². The molecule has 0 radical (unpaired) electrons. The SMILES string of the molecule is FC(F)(F)c1ccc(C2=C3C=CC=CC=C3N=C(c3ccccc3)O2)cc1. The lowest BCUT2D eigenvalue weighted by Gasteiger charge is -2.21. The van der Waals surface area contributed by atoms with Crippen LogP contribution in [0, 0.1) is 0 Å². The van der Waals surface area contributed by atoms with Crippen molar-refractivity contribution >= 4 is 11.7 Å². The first-order valence-electron chi connectivity index (χ1n) is 8.32. The predicted octanol–water partition coefficient (Wildman–Crippen LogP) is 5.90. The summed E-state index contributed by atoms with van der Waals surface area (Å²) < 4.78 is 44.7. The van der Waals surface area contributed by atoms with Gasteiger partial charge in [-0.2, -0.15) is 13.2 Å². The van der Waals surface area contributed by atoms with Crippen LogP contribution < -0.4 is 0 Å². The molecule has 2 aromatic carbocycles. The van der Waals surface area contributed by atoms with Crippen molar-refractivity contribution in [1.82, 2.24) is 0 Å². The zero-order valence-corrected chi connectivity index (χ0v) is 14.1. The third-order valence-electron chi connectivity index (χ3n) is 4.18. The molecule has 4 rings (SSSR count). The number of benzene rings is 2. The van der Waals surface area contributed by atoms with Crippen LogP contribution in [-0.4, -0.2) is 5.90 Å². The van der Waals surface area contributed by atoms with Gasteiger partial charge in [-0.1, -0.05) is 48.6 Å². The Bertz CT molecular complexity index is 1010. The Morgan fingerprint density at radius 1 is 0.778 bits per heavy atom. The van der Waals surface area contributed by atoms with Crippen molar-refractivity contribution in [3.63, 3.8) is 0 Å². The van der Waals surface area contributed by atoms with E-state index in [2.05, 4.69) is 4.99 Å². The first kappa shape index (κ1) is 17.1. The number of hydrogen-bond acceptors (Lipinski definition) is 2. The van der Waals surface area contributed by atoms with Gasteiger partial charge in [-0.15, -0.1) is 0 Å². The van der Waals surface area contributed by atoms with Crippen LogP contribution in [-0.2, 0) is 10.9 Å². The largest absolute Gasteiger partial charge is 0.437 e. The lowest BCUT2D eigenvalue weighted by molar-refractivity contribution is -0.137. The molecule has 2 nitrogen and oxygen atoms in total. The number of ether oxygens (including phenoxy) is 1. The van der Waals surface area contributed by atoms with Gasteiger partial charge in [-0.05, 0) is 36.4 Å². The highest BCUT2D eigenvalue weighted by Gasteiger charge is 2.30. The van der Waals surface area contributed by atoms with Gasteiger partial charge in [0.25, 0.3) is 0 Å². The van der Waals surface area contributed by atoms with Gasteiger partial charge in [-0.25, -0.2) is 4.99 Å². The lowest BCUT2D eigenvalue weighted by atomic mass is 10.0. The molecule has 0 bridgehead atoms. The number of hydrogen-bond donors (Lipinski definition) is 0. The van der Waals surface area contributed by atoms with Gasteiger partial charge < -0.3 is 4.74 Å². The fraction of sp³-hybridized carbons (Fsp3) is 0.0455. The van der Waals surface area contributed by atoms with Gasteiger partial charge in [0.15, 0.2) is 0 Å². The number of nitrogens with zero attached hydrogens (tertiary/aromatic N) is 1. The quantitative estimate of drug-likeness (QED) is 0.649. The number of fused-ring (bicyclic) bond motifs is 1. The summed E-state index contributed by atoms with van der Waals surface area (Å²) in [5.41, 5.74) is 2.07. The first-order valence-corrected chi connectivity index (χ1v) is 8.32. The first-order chi connectivity index (χ1) is 13.0. The summed E-state index contributed by atoms with van der Waals surface area (Å²) in [7, 11) is 0. The van der Waals surface area contributed by atoms with Crippen LogP contribution in [0.4, 0.5) is 13.2 Å². The van der Waals surface area contributed by atoms with Crippen LogP contribution in [0.2, 0.25) is 0 Å². The van der Waals surface area contributed by atoms with E-state index < -0.39 is 11.7 Å². The van der Waals surface area contributed by atoms with Crippen LogP contribution in [0.25, 0.3) is 5.76 Å². The summed E-state index contributed by atoms with van der Waals surface area (Å²) in [5, 5.41) is 0. The maximum atomic E-state index is 12.9. The van der Waals surface area contributed by atoms with Crippen LogP contribution in [0.3, 0.4) is 0 Å². The second-order valence-electron chi connectivity index (χ2n) is 6.00. The summed E-state index contributed by atoms with van der Waals surface area (Å²) in [5.74, 6) is 0.882. The van der Waals surface area contributed by atoms with Crippen molar-refractivity contribution in [3.05, 3.63) is 113 Å². The van der Waals surface area contributed by atoms with Gasteiger partial charge in [-0.3, -0.25) is 0 Å². The van der Waals surface area contributed by atoms with E-state index in [0.29, 0.717) is 22.9 Å². The molecule has 0 spiro atoms. The van der Waals surface area contributed by atoms with E-state index in [0.717, 1.165) is 23.3 Å². The molecule has 0 N–H and O–H groups in total. The number of halogens is 3. The topological polar surface area (TPSA) is 21.6 Å². The molecule has 0 saturated heterocycles. The van der Waals surface area contributed by atoms with E-state index in [1.165, 1.54) is 12.1 Å². The lowest BCUT2D eigenvalue weighted by Crippen LogP contribution is -2.14. The number of aliphatic imine (C=N–C) groups is 1. The Morgan fingerprint density at radius 3 is 2.22 bits per heavy atom. The molecular formula is C22H14F3NO. The second-order valence-corrected chi connectivity index (χ2v) is 6.00. The normalized spacial score (nSPS) is 16.3. The van der Waals surface area contributed by atoms with Crippen molar-refractivity contribution in [3.8, 4) is 0 Å². The molecule has 1 heterocycles. The Labute approximate surface area is 154 Å². The molecule has 1 aliphatic carbocycles. The highest BCUT2D eigenvalue weighted by Crippen LogP contribution is 2.35. The van der Waals surface area contributed by atoms with Crippen LogP contribution in [0.1, 0.15) is 16.7 Å². The Morgan fingerprint density at radius 2 is 1.52 bits per heavy atom. The Kier molecular flexibility index (Phi) is 4.28. The summed E-state index contributed by atoms with van der Waals surface area (Å²) >= 11 is 0. The molecule has 0 unspecified atom stereocenters. The van der Waals surface area contributed by atoms with Gasteiger partial charge in [0.2, 0.25) is 5.90 Å². The van der Waals surface area contributed by atoms with E-state index in [4.69, 9.17) is 4.74 Å². The van der Waals surface area contributed by atoms with Crippen molar-refractivity contribution in [2.45, 2.75) is 6.18 Å². The van der Waals surface area contributed by atoms with Gasteiger partial charge in [0.1, 0.15) is 5.76 Å². The molecule has 1 aliphatic heterocycles. The molecule has 0 amide bonds. The zero-order valence-electron chi connectivity index (χ0n) is 14.1. The molecule has 27 heavy (non-hydrogen) atoms. The minimum atomic E-state index is -4.38. The molecule has 0 atom stereocenters. The maximum Gasteiger partial charge on any atom is 0.416 e. The summed E-state index contributed by atoms with van der Waals surface area (Å²) in [6.07, 6.45) is 4.88. The molecule has 2 aromatic rings. The third kappa shape index (κ3) is 3.49. The fourth-order valence-electron chi connectivity index (χ4n) is 2.84. The predicted molar refractivity (Wildman–Crippen MR) is 98.8 cm³/mol. The van der Waals surface area contributed by atoms with E-state index in [1.54, 1.807) is 0 Å². The monoisotopic (exact) mass is 365 g/mol. The zero-order chi connectivity index (χ0) is 18.9. The smallest absolute Gasteiger partial charge is 0.416 e. The number of alkyl halides is 3. The van der Waals surface area contributed by atoms with E-state index in [1.807, 2.05) is 60.7 Å². The standard InChI is InChI=1S/C22H14F3NO/c23-22(24,25)17-13-11-15(12-14-17)20-18-9-5-2-6-10-19(18)26-21(27-20)16-7-3-1-4-8-16/h1-14H. The summed E-state index contributed by atoms with van der Waals surface area (Å²) in [6.45, 7) is 0. The van der Waals surface area contributed by atoms with Crippen LogP contribution >= 0.6 is 0 Å². The minimum Gasteiger partial charge on any atom is -0.437 e. The Balaban J connectivity index is 1.80. The summed E-state index contributed by atoms with van der Waals surface area (Å²) in [6, 6.07) is 14.3. The van der Waals surface area contributed by atoms with Crippen molar-refractivity contribution in [2.24, 2.45) is 4.99 Å². The van der Waals surface area contributed by atoms with E-state index in [9.17, 15) is 13.2 Å². The number of rotatable bonds is 2. The van der Waals surface area contributed by atoms with Gasteiger partial charge in [0.05, 0.1) is 11.3 Å². The molecule has 0 fully saturated rings. The third-order valence-corrected chi connectivity index (χ3v) is 4.18. The molecule has 5 heteroatoms. The van der Waals surface area contributed by atoms with Crippen molar-refractivity contribution in [2.75, 3.05) is 0 Å². The fourth-order valence-corrected chi connectivity index (χ4v) is 2.84. The molecule has 0 saturated carbocycles. The van der Waals surface area contributed by atoms with Crippen molar-refractivity contribution < 1.29 is 17.9 Å².